The molecule has 2 rings (SSSR count). The average Bonchev–Trinajstić information content (AvgIpc) is 2.23. The van der Waals surface area contributed by atoms with E-state index in [2.05, 4.69) is 0 Å². The minimum atomic E-state index is -1.51. The van der Waals surface area contributed by atoms with Crippen molar-refractivity contribution in [3.63, 3.8) is 0 Å². The quantitative estimate of drug-likeness (QED) is 0.635. The van der Waals surface area contributed by atoms with Gasteiger partial charge in [0.15, 0.2) is 11.6 Å². The summed E-state index contributed by atoms with van der Waals surface area (Å²) in [5, 5.41) is -0.265. The fourth-order valence-corrected chi connectivity index (χ4v) is 1.57. The third-order valence-corrected chi connectivity index (χ3v) is 2.32. The van der Waals surface area contributed by atoms with Crippen LogP contribution in [0.5, 0.6) is 0 Å². The van der Waals surface area contributed by atoms with E-state index >= 15 is 0 Å². The summed E-state index contributed by atoms with van der Waals surface area (Å²) in [6, 6.07) is 1.61. The Hall–Kier alpha value is -2.02. The molecule has 18 heavy (non-hydrogen) atoms. The number of nitrogens with one attached hydrogen (secondary N) is 1. The average molecular weight is 277 g/mol. The molecule has 1 aromatic heterocycles. The molecule has 1 heterocycles. The molecule has 0 amide bonds. The van der Waals surface area contributed by atoms with Crippen molar-refractivity contribution in [2.24, 2.45) is 0 Å². The van der Waals surface area contributed by atoms with Crippen molar-refractivity contribution in [3.05, 3.63) is 61.6 Å². The zero-order chi connectivity index (χ0) is 13.4. The van der Waals surface area contributed by atoms with Gasteiger partial charge in [-0.15, -0.1) is 0 Å². The SMILES string of the molecule is O=c1cc(Cl)[nH]c(=O)n1-c1cc(F)cc(F)c1F. The van der Waals surface area contributed by atoms with Gasteiger partial charge >= 0.3 is 5.69 Å². The molecule has 0 spiro atoms. The molecule has 0 unspecified atom stereocenters. The number of nitrogens with zero attached hydrogens (tertiary/aromatic N) is 1. The molecule has 0 bridgehead atoms. The van der Waals surface area contributed by atoms with Crippen molar-refractivity contribution >= 4 is 11.6 Å². The van der Waals surface area contributed by atoms with Crippen molar-refractivity contribution < 1.29 is 13.2 Å². The highest BCUT2D eigenvalue weighted by molar-refractivity contribution is 6.29. The number of hydrogen-bond donors (Lipinski definition) is 1. The third kappa shape index (κ3) is 2.04. The Morgan fingerprint density at radius 2 is 1.78 bits per heavy atom. The first kappa shape index (κ1) is 12.4. The highest BCUT2D eigenvalue weighted by Gasteiger charge is 2.16. The van der Waals surface area contributed by atoms with Gasteiger partial charge in [-0.3, -0.25) is 9.78 Å². The van der Waals surface area contributed by atoms with Crippen LogP contribution in [0.2, 0.25) is 5.15 Å². The lowest BCUT2D eigenvalue weighted by molar-refractivity contribution is 0.488. The second-order valence-corrected chi connectivity index (χ2v) is 3.72. The fourth-order valence-electron chi connectivity index (χ4n) is 1.40. The van der Waals surface area contributed by atoms with Crippen LogP contribution in [0.3, 0.4) is 0 Å². The number of rotatable bonds is 1. The van der Waals surface area contributed by atoms with E-state index in [4.69, 9.17) is 11.6 Å². The summed E-state index contributed by atoms with van der Waals surface area (Å²) in [5.41, 5.74) is -2.93. The summed E-state index contributed by atoms with van der Waals surface area (Å²) >= 11 is 5.40. The van der Waals surface area contributed by atoms with Crippen LogP contribution in [-0.2, 0) is 0 Å². The van der Waals surface area contributed by atoms with Crippen LogP contribution in [0.1, 0.15) is 0 Å². The maximum absolute atomic E-state index is 13.4. The summed E-state index contributed by atoms with van der Waals surface area (Å²) in [6.45, 7) is 0. The normalized spacial score (nSPS) is 10.7. The van der Waals surface area contributed by atoms with Gasteiger partial charge in [0, 0.05) is 18.2 Å². The topological polar surface area (TPSA) is 54.9 Å². The summed E-state index contributed by atoms with van der Waals surface area (Å²) in [6.07, 6.45) is 0. The van der Waals surface area contributed by atoms with Gasteiger partial charge in [-0.05, 0) is 0 Å². The Kier molecular flexibility index (Phi) is 3.00. The smallest absolute Gasteiger partial charge is 0.297 e. The molecule has 0 fully saturated rings. The molecule has 1 N–H and O–H groups in total. The standard InChI is InChI=1S/C10H4ClF3N2O2/c11-7-3-8(17)16(10(18)15-7)6-2-4(12)1-5(13)9(6)14/h1-3H,(H,15,18). The van der Waals surface area contributed by atoms with Crippen LogP contribution in [0.4, 0.5) is 13.2 Å². The van der Waals surface area contributed by atoms with Crippen molar-refractivity contribution in [1.29, 1.82) is 0 Å². The van der Waals surface area contributed by atoms with E-state index in [9.17, 15) is 22.8 Å². The van der Waals surface area contributed by atoms with E-state index in [1.54, 1.807) is 0 Å². The molecule has 0 aliphatic carbocycles. The van der Waals surface area contributed by atoms with Crippen LogP contribution in [0.25, 0.3) is 5.69 Å². The zero-order valence-corrected chi connectivity index (χ0v) is 9.26. The van der Waals surface area contributed by atoms with Gasteiger partial charge in [-0.1, -0.05) is 11.6 Å². The van der Waals surface area contributed by atoms with Gasteiger partial charge in [0.1, 0.15) is 11.0 Å². The molecule has 0 aliphatic heterocycles. The molecule has 2 aromatic rings. The number of H-pyrrole nitrogens is 1. The first-order valence-electron chi connectivity index (χ1n) is 4.57. The van der Waals surface area contributed by atoms with Gasteiger partial charge in [-0.25, -0.2) is 22.5 Å². The molecule has 94 valence electrons. The highest BCUT2D eigenvalue weighted by Crippen LogP contribution is 2.16. The molecule has 0 saturated heterocycles. The van der Waals surface area contributed by atoms with Crippen molar-refractivity contribution in [1.82, 2.24) is 9.55 Å². The molecular weight excluding hydrogens is 273 g/mol. The van der Waals surface area contributed by atoms with Crippen LogP contribution in [0, 0.1) is 17.5 Å². The van der Waals surface area contributed by atoms with E-state index in [1.165, 1.54) is 0 Å². The first-order valence-corrected chi connectivity index (χ1v) is 4.95. The number of benzene rings is 1. The number of aromatic amines is 1. The van der Waals surface area contributed by atoms with Crippen molar-refractivity contribution in [2.45, 2.75) is 0 Å². The summed E-state index contributed by atoms with van der Waals surface area (Å²) in [7, 11) is 0. The maximum atomic E-state index is 13.4. The predicted octanol–water partition coefficient (Wildman–Crippen LogP) is 1.60. The lowest BCUT2D eigenvalue weighted by Crippen LogP contribution is -2.33. The van der Waals surface area contributed by atoms with Crippen LogP contribution < -0.4 is 11.2 Å². The van der Waals surface area contributed by atoms with E-state index < -0.39 is 34.4 Å². The number of hydrogen-bond acceptors (Lipinski definition) is 2. The Morgan fingerprint density at radius 1 is 1.11 bits per heavy atom. The van der Waals surface area contributed by atoms with Gasteiger partial charge < -0.3 is 0 Å². The van der Waals surface area contributed by atoms with E-state index in [0.717, 1.165) is 6.07 Å². The molecule has 4 nitrogen and oxygen atoms in total. The largest absolute Gasteiger partial charge is 0.334 e. The molecule has 0 radical (unpaired) electrons. The second-order valence-electron chi connectivity index (χ2n) is 3.32. The monoisotopic (exact) mass is 276 g/mol. The highest BCUT2D eigenvalue weighted by atomic mass is 35.5. The molecule has 0 saturated carbocycles. The zero-order valence-electron chi connectivity index (χ0n) is 8.51. The van der Waals surface area contributed by atoms with Gasteiger partial charge in [0.25, 0.3) is 5.56 Å². The lowest BCUT2D eigenvalue weighted by atomic mass is 10.2. The summed E-state index contributed by atoms with van der Waals surface area (Å²) in [4.78, 5) is 24.9. The van der Waals surface area contributed by atoms with E-state index in [1.807, 2.05) is 4.98 Å². The van der Waals surface area contributed by atoms with Crippen molar-refractivity contribution in [3.8, 4) is 5.69 Å². The minimum Gasteiger partial charge on any atom is -0.297 e. The minimum absolute atomic E-state index is 0.243. The van der Waals surface area contributed by atoms with E-state index in [0.29, 0.717) is 12.1 Å². The Balaban J connectivity index is 2.86. The molecular formula is C10H4ClF3N2O2. The maximum Gasteiger partial charge on any atom is 0.334 e. The van der Waals surface area contributed by atoms with Crippen LogP contribution in [0.15, 0.2) is 27.8 Å². The summed E-state index contributed by atoms with van der Waals surface area (Å²) < 4.78 is 39.7. The predicted molar refractivity (Wildman–Crippen MR) is 57.5 cm³/mol. The van der Waals surface area contributed by atoms with Crippen LogP contribution >= 0.6 is 11.6 Å². The third-order valence-electron chi connectivity index (χ3n) is 2.11. The fraction of sp³-hybridized carbons (Fsp3) is 0. The Morgan fingerprint density at radius 3 is 2.39 bits per heavy atom. The molecule has 1 aromatic carbocycles. The second kappa shape index (κ2) is 4.34. The van der Waals surface area contributed by atoms with Gasteiger partial charge in [-0.2, -0.15) is 0 Å². The summed E-state index contributed by atoms with van der Waals surface area (Å²) in [5.74, 6) is -4.14. The Bertz CT molecular complexity index is 708. The van der Waals surface area contributed by atoms with Gasteiger partial charge in [0.2, 0.25) is 0 Å². The van der Waals surface area contributed by atoms with Crippen LogP contribution in [-0.4, -0.2) is 9.55 Å². The molecule has 0 atom stereocenters. The van der Waals surface area contributed by atoms with Gasteiger partial charge in [0.05, 0.1) is 5.69 Å². The number of aromatic nitrogens is 2. The molecule has 8 heteroatoms. The Labute approximate surface area is 102 Å². The van der Waals surface area contributed by atoms with E-state index in [-0.39, 0.29) is 9.72 Å². The first-order chi connectivity index (χ1) is 8.40. The molecule has 0 aliphatic rings. The lowest BCUT2D eigenvalue weighted by Gasteiger charge is -2.06. The van der Waals surface area contributed by atoms with Crippen molar-refractivity contribution in [2.75, 3.05) is 0 Å². The number of halogens is 4.